The predicted molar refractivity (Wildman–Crippen MR) is 100 cm³/mol. The van der Waals surface area contributed by atoms with Crippen molar-refractivity contribution in [2.24, 2.45) is 5.73 Å². The van der Waals surface area contributed by atoms with Gasteiger partial charge in [0.1, 0.15) is 0 Å². The number of benzene rings is 2. The summed E-state index contributed by atoms with van der Waals surface area (Å²) in [6, 6.07) is 14.0. The van der Waals surface area contributed by atoms with Crippen LogP contribution in [0.25, 0.3) is 0 Å². The fourth-order valence-corrected chi connectivity index (χ4v) is 2.78. The van der Waals surface area contributed by atoms with Crippen molar-refractivity contribution >= 4 is 11.6 Å². The smallest absolute Gasteiger partial charge is 0.161 e. The second-order valence-electron chi connectivity index (χ2n) is 6.07. The molecule has 0 spiro atoms. The molecule has 1 unspecified atom stereocenters. The molecule has 2 N–H and O–H groups in total. The minimum absolute atomic E-state index is 0.112. The van der Waals surface area contributed by atoms with E-state index in [0.717, 1.165) is 22.9 Å². The van der Waals surface area contributed by atoms with Crippen molar-refractivity contribution in [1.82, 2.24) is 0 Å². The van der Waals surface area contributed by atoms with Crippen LogP contribution in [0.2, 0.25) is 5.02 Å². The van der Waals surface area contributed by atoms with Gasteiger partial charge in [0.25, 0.3) is 0 Å². The van der Waals surface area contributed by atoms with Crippen molar-refractivity contribution in [2.75, 3.05) is 13.2 Å². The van der Waals surface area contributed by atoms with E-state index in [1.165, 1.54) is 11.1 Å². The van der Waals surface area contributed by atoms with Crippen molar-refractivity contribution in [3.8, 4) is 11.5 Å². The molecule has 0 amide bonds. The van der Waals surface area contributed by atoms with E-state index in [0.29, 0.717) is 13.2 Å². The van der Waals surface area contributed by atoms with Gasteiger partial charge in [0.2, 0.25) is 0 Å². The SMILES string of the molecule is CCOc1cc(CC(CN)c2ccc(Cl)cc2)ccc1OC(C)C. The summed E-state index contributed by atoms with van der Waals surface area (Å²) in [6.45, 7) is 7.18. The molecule has 4 heteroatoms. The second kappa shape index (κ2) is 8.95. The van der Waals surface area contributed by atoms with Crippen molar-refractivity contribution in [2.45, 2.75) is 39.2 Å². The summed E-state index contributed by atoms with van der Waals surface area (Å²) in [5.74, 6) is 1.82. The van der Waals surface area contributed by atoms with Crippen LogP contribution in [-0.4, -0.2) is 19.3 Å². The maximum Gasteiger partial charge on any atom is 0.161 e. The van der Waals surface area contributed by atoms with Crippen LogP contribution in [0.4, 0.5) is 0 Å². The topological polar surface area (TPSA) is 44.5 Å². The van der Waals surface area contributed by atoms with Crippen molar-refractivity contribution in [3.63, 3.8) is 0 Å². The van der Waals surface area contributed by atoms with Gasteiger partial charge >= 0.3 is 0 Å². The van der Waals surface area contributed by atoms with Crippen LogP contribution in [0, 0.1) is 0 Å². The minimum atomic E-state index is 0.112. The summed E-state index contributed by atoms with van der Waals surface area (Å²) in [4.78, 5) is 0. The Morgan fingerprint density at radius 3 is 2.33 bits per heavy atom. The summed E-state index contributed by atoms with van der Waals surface area (Å²) >= 11 is 5.97. The average molecular weight is 348 g/mol. The molecule has 0 saturated carbocycles. The monoisotopic (exact) mass is 347 g/mol. The third-order valence-corrected chi connectivity index (χ3v) is 4.03. The number of hydrogen-bond acceptors (Lipinski definition) is 3. The molecule has 24 heavy (non-hydrogen) atoms. The van der Waals surface area contributed by atoms with Crippen molar-refractivity contribution < 1.29 is 9.47 Å². The first-order chi connectivity index (χ1) is 11.5. The number of rotatable bonds is 8. The molecular weight excluding hydrogens is 322 g/mol. The summed E-state index contributed by atoms with van der Waals surface area (Å²) in [5.41, 5.74) is 8.37. The highest BCUT2D eigenvalue weighted by atomic mass is 35.5. The summed E-state index contributed by atoms with van der Waals surface area (Å²) in [5, 5.41) is 0.739. The van der Waals surface area contributed by atoms with Crippen LogP contribution >= 0.6 is 11.6 Å². The van der Waals surface area contributed by atoms with E-state index in [-0.39, 0.29) is 12.0 Å². The molecule has 130 valence electrons. The third kappa shape index (κ3) is 5.15. The lowest BCUT2D eigenvalue weighted by Crippen LogP contribution is -2.15. The highest BCUT2D eigenvalue weighted by molar-refractivity contribution is 6.30. The maximum atomic E-state index is 5.99. The van der Waals surface area contributed by atoms with Gasteiger partial charge in [-0.15, -0.1) is 0 Å². The molecule has 0 aliphatic heterocycles. The Morgan fingerprint density at radius 2 is 1.75 bits per heavy atom. The highest BCUT2D eigenvalue weighted by Gasteiger charge is 2.14. The van der Waals surface area contributed by atoms with Crippen molar-refractivity contribution in [3.05, 3.63) is 58.6 Å². The molecule has 0 saturated heterocycles. The number of nitrogens with two attached hydrogens (primary N) is 1. The zero-order valence-corrected chi connectivity index (χ0v) is 15.3. The molecule has 0 aliphatic carbocycles. The van der Waals surface area contributed by atoms with Crippen LogP contribution in [-0.2, 0) is 6.42 Å². The van der Waals surface area contributed by atoms with E-state index >= 15 is 0 Å². The first-order valence-corrected chi connectivity index (χ1v) is 8.79. The molecule has 2 aromatic carbocycles. The third-order valence-electron chi connectivity index (χ3n) is 3.78. The van der Waals surface area contributed by atoms with E-state index in [1.54, 1.807) is 0 Å². The Bertz CT molecular complexity index is 641. The van der Waals surface area contributed by atoms with Gasteiger partial charge in [-0.05, 0) is 69.1 Å². The molecule has 1 atom stereocenters. The zero-order chi connectivity index (χ0) is 17.5. The molecule has 0 aliphatic rings. The van der Waals surface area contributed by atoms with Crippen LogP contribution in [0.3, 0.4) is 0 Å². The van der Waals surface area contributed by atoms with Gasteiger partial charge in [0.15, 0.2) is 11.5 Å². The maximum absolute atomic E-state index is 5.99. The molecule has 0 radical (unpaired) electrons. The predicted octanol–water partition coefficient (Wildman–Crippen LogP) is 4.81. The molecular formula is C20H26ClNO2. The summed E-state index contributed by atoms with van der Waals surface area (Å²) in [6.07, 6.45) is 0.959. The lowest BCUT2D eigenvalue weighted by Gasteiger charge is -2.18. The quantitative estimate of drug-likeness (QED) is 0.745. The summed E-state index contributed by atoms with van der Waals surface area (Å²) < 4.78 is 11.6. The van der Waals surface area contributed by atoms with Gasteiger partial charge in [-0.3, -0.25) is 0 Å². The fraction of sp³-hybridized carbons (Fsp3) is 0.400. The lowest BCUT2D eigenvalue weighted by atomic mass is 9.92. The van der Waals surface area contributed by atoms with Crippen molar-refractivity contribution in [1.29, 1.82) is 0 Å². The molecule has 0 heterocycles. The van der Waals surface area contributed by atoms with E-state index in [9.17, 15) is 0 Å². The Labute approximate surface area is 149 Å². The Hall–Kier alpha value is -1.71. The Kier molecular flexibility index (Phi) is 6.95. The minimum Gasteiger partial charge on any atom is -0.490 e. The van der Waals surface area contributed by atoms with Crippen LogP contribution in [0.1, 0.15) is 37.8 Å². The number of halogens is 1. The molecule has 0 aromatic heterocycles. The first kappa shape index (κ1) is 18.6. The highest BCUT2D eigenvalue weighted by Crippen LogP contribution is 2.31. The van der Waals surface area contributed by atoms with E-state index in [4.69, 9.17) is 26.8 Å². The molecule has 0 fully saturated rings. The second-order valence-corrected chi connectivity index (χ2v) is 6.51. The molecule has 2 rings (SSSR count). The number of hydrogen-bond donors (Lipinski definition) is 1. The first-order valence-electron chi connectivity index (χ1n) is 8.41. The van der Waals surface area contributed by atoms with Gasteiger partial charge in [-0.25, -0.2) is 0 Å². The van der Waals surface area contributed by atoms with Gasteiger partial charge in [-0.1, -0.05) is 29.8 Å². The Morgan fingerprint density at radius 1 is 1.04 bits per heavy atom. The van der Waals surface area contributed by atoms with Gasteiger partial charge in [-0.2, -0.15) is 0 Å². The normalized spacial score (nSPS) is 12.2. The van der Waals surface area contributed by atoms with Gasteiger partial charge in [0, 0.05) is 10.9 Å². The van der Waals surface area contributed by atoms with E-state index in [1.807, 2.05) is 51.1 Å². The largest absolute Gasteiger partial charge is 0.490 e. The standard InChI is InChI=1S/C20H26ClNO2/c1-4-23-20-12-15(5-10-19(20)24-14(2)3)11-17(13-22)16-6-8-18(21)9-7-16/h5-10,12,14,17H,4,11,13,22H2,1-3H3. The average Bonchev–Trinajstić information content (AvgIpc) is 2.55. The zero-order valence-electron chi connectivity index (χ0n) is 14.6. The van der Waals surface area contributed by atoms with Crippen LogP contribution in [0.15, 0.2) is 42.5 Å². The van der Waals surface area contributed by atoms with Crippen LogP contribution in [0.5, 0.6) is 11.5 Å². The molecule has 0 bridgehead atoms. The van der Waals surface area contributed by atoms with Gasteiger partial charge in [0.05, 0.1) is 12.7 Å². The van der Waals surface area contributed by atoms with Gasteiger partial charge < -0.3 is 15.2 Å². The van der Waals surface area contributed by atoms with Crippen LogP contribution < -0.4 is 15.2 Å². The van der Waals surface area contributed by atoms with E-state index in [2.05, 4.69) is 12.1 Å². The van der Waals surface area contributed by atoms with E-state index < -0.39 is 0 Å². The Balaban J connectivity index is 2.20. The molecule has 2 aromatic rings. The molecule has 3 nitrogen and oxygen atoms in total. The fourth-order valence-electron chi connectivity index (χ4n) is 2.66. The lowest BCUT2D eigenvalue weighted by molar-refractivity contribution is 0.223. The number of ether oxygens (including phenoxy) is 2. The summed E-state index contributed by atoms with van der Waals surface area (Å²) in [7, 11) is 0.